The highest BCUT2D eigenvalue weighted by molar-refractivity contribution is 7.09. The van der Waals surface area contributed by atoms with Gasteiger partial charge in [0, 0.05) is 11.3 Å². The number of nitrogens with two attached hydrogens (primary N) is 1. The van der Waals surface area contributed by atoms with Crippen molar-refractivity contribution in [3.05, 3.63) is 22.4 Å². The molecule has 1 aromatic rings. The second kappa shape index (κ2) is 4.91. The Balaban J connectivity index is 1.56. The van der Waals surface area contributed by atoms with Crippen LogP contribution in [0.3, 0.4) is 0 Å². The van der Waals surface area contributed by atoms with E-state index >= 15 is 0 Å². The van der Waals surface area contributed by atoms with Crippen molar-refractivity contribution in [2.24, 2.45) is 11.7 Å². The molecule has 1 saturated carbocycles. The van der Waals surface area contributed by atoms with Gasteiger partial charge in [0.1, 0.15) is 0 Å². The van der Waals surface area contributed by atoms with Crippen molar-refractivity contribution in [3.63, 3.8) is 0 Å². The molecule has 0 unspecified atom stereocenters. The summed E-state index contributed by atoms with van der Waals surface area (Å²) >= 11 is 1.81. The van der Waals surface area contributed by atoms with E-state index in [4.69, 9.17) is 10.5 Å². The van der Waals surface area contributed by atoms with Crippen LogP contribution in [0.25, 0.3) is 0 Å². The molecule has 0 amide bonds. The fourth-order valence-corrected chi connectivity index (χ4v) is 2.47. The van der Waals surface area contributed by atoms with Crippen molar-refractivity contribution >= 4 is 11.3 Å². The predicted molar refractivity (Wildman–Crippen MR) is 59.5 cm³/mol. The number of hydrogen-bond acceptors (Lipinski definition) is 3. The molecule has 78 valence electrons. The van der Waals surface area contributed by atoms with Gasteiger partial charge in [-0.1, -0.05) is 6.07 Å². The lowest BCUT2D eigenvalue weighted by atomic mass is 9.82. The predicted octanol–water partition coefficient (Wildman–Crippen LogP) is 2.04. The molecule has 14 heavy (non-hydrogen) atoms. The maximum Gasteiger partial charge on any atom is 0.0581 e. The van der Waals surface area contributed by atoms with Crippen LogP contribution < -0.4 is 5.73 Å². The minimum absolute atomic E-state index is 0.489. The molecule has 0 saturated heterocycles. The first-order valence-corrected chi connectivity index (χ1v) is 6.10. The lowest BCUT2D eigenvalue weighted by Gasteiger charge is -2.34. The van der Waals surface area contributed by atoms with Crippen molar-refractivity contribution in [2.75, 3.05) is 13.2 Å². The van der Waals surface area contributed by atoms with Crippen LogP contribution in [0.1, 0.15) is 17.7 Å². The molecule has 0 bridgehead atoms. The van der Waals surface area contributed by atoms with E-state index in [1.54, 1.807) is 11.3 Å². The maximum atomic E-state index is 5.73. The summed E-state index contributed by atoms with van der Waals surface area (Å²) in [4.78, 5) is 1.42. The zero-order valence-electron chi connectivity index (χ0n) is 8.32. The van der Waals surface area contributed by atoms with Crippen LogP contribution in [-0.2, 0) is 11.2 Å². The zero-order valence-corrected chi connectivity index (χ0v) is 9.13. The SMILES string of the molecule is NCC1CC(OCCc2cccs2)C1. The summed E-state index contributed by atoms with van der Waals surface area (Å²) < 4.78 is 5.73. The van der Waals surface area contributed by atoms with Crippen LogP contribution in [0.2, 0.25) is 0 Å². The van der Waals surface area contributed by atoms with Gasteiger partial charge in [0.05, 0.1) is 12.7 Å². The van der Waals surface area contributed by atoms with Crippen LogP contribution in [0, 0.1) is 5.92 Å². The van der Waals surface area contributed by atoms with Crippen LogP contribution in [0.5, 0.6) is 0 Å². The van der Waals surface area contributed by atoms with Crippen molar-refractivity contribution in [1.29, 1.82) is 0 Å². The molecule has 0 aromatic carbocycles. The third kappa shape index (κ3) is 2.56. The van der Waals surface area contributed by atoms with E-state index in [-0.39, 0.29) is 0 Å². The summed E-state index contributed by atoms with van der Waals surface area (Å²) in [6.45, 7) is 1.69. The lowest BCUT2D eigenvalue weighted by Crippen LogP contribution is -2.36. The van der Waals surface area contributed by atoms with Crippen LogP contribution in [0.15, 0.2) is 17.5 Å². The van der Waals surface area contributed by atoms with Gasteiger partial charge in [0.15, 0.2) is 0 Å². The van der Waals surface area contributed by atoms with Gasteiger partial charge in [0.2, 0.25) is 0 Å². The first-order valence-electron chi connectivity index (χ1n) is 5.22. The molecule has 0 spiro atoms. The zero-order chi connectivity index (χ0) is 9.80. The topological polar surface area (TPSA) is 35.2 Å². The largest absolute Gasteiger partial charge is 0.378 e. The maximum absolute atomic E-state index is 5.73. The Kier molecular flexibility index (Phi) is 3.56. The fourth-order valence-electron chi connectivity index (χ4n) is 1.78. The smallest absolute Gasteiger partial charge is 0.0581 e. The molecule has 2 nitrogen and oxygen atoms in total. The molecule has 1 aliphatic carbocycles. The van der Waals surface area contributed by atoms with E-state index in [2.05, 4.69) is 17.5 Å². The van der Waals surface area contributed by atoms with Crippen molar-refractivity contribution in [3.8, 4) is 0 Å². The minimum atomic E-state index is 0.489. The average molecular weight is 211 g/mol. The highest BCUT2D eigenvalue weighted by Gasteiger charge is 2.28. The molecule has 3 heteroatoms. The highest BCUT2D eigenvalue weighted by atomic mass is 32.1. The molecule has 2 rings (SSSR count). The molecular weight excluding hydrogens is 194 g/mol. The van der Waals surface area contributed by atoms with Crippen molar-refractivity contribution < 1.29 is 4.74 Å². The number of ether oxygens (including phenoxy) is 1. The summed E-state index contributed by atoms with van der Waals surface area (Å²) in [5.74, 6) is 0.724. The van der Waals surface area contributed by atoms with Crippen LogP contribution in [-0.4, -0.2) is 19.3 Å². The van der Waals surface area contributed by atoms with E-state index in [9.17, 15) is 0 Å². The number of rotatable bonds is 5. The minimum Gasteiger partial charge on any atom is -0.378 e. The van der Waals surface area contributed by atoms with Gasteiger partial charge < -0.3 is 10.5 Å². The van der Waals surface area contributed by atoms with Gasteiger partial charge >= 0.3 is 0 Å². The van der Waals surface area contributed by atoms with Gasteiger partial charge in [-0.3, -0.25) is 0 Å². The van der Waals surface area contributed by atoms with Crippen LogP contribution in [0.4, 0.5) is 0 Å². The van der Waals surface area contributed by atoms with E-state index in [0.717, 1.165) is 25.5 Å². The summed E-state index contributed by atoms with van der Waals surface area (Å²) in [7, 11) is 0. The normalized spacial score (nSPS) is 26.1. The second-order valence-corrected chi connectivity index (χ2v) is 4.93. The molecular formula is C11H17NOS. The Morgan fingerprint density at radius 3 is 3.00 bits per heavy atom. The first kappa shape index (κ1) is 10.1. The van der Waals surface area contributed by atoms with Gasteiger partial charge in [-0.25, -0.2) is 0 Å². The third-order valence-corrected chi connectivity index (χ3v) is 3.74. The first-order chi connectivity index (χ1) is 6.88. The molecule has 0 radical (unpaired) electrons. The second-order valence-electron chi connectivity index (χ2n) is 3.90. The van der Waals surface area contributed by atoms with Gasteiger partial charge in [-0.05, 0) is 36.8 Å². The van der Waals surface area contributed by atoms with Gasteiger partial charge in [0.25, 0.3) is 0 Å². The van der Waals surface area contributed by atoms with Gasteiger partial charge in [-0.15, -0.1) is 11.3 Å². The molecule has 1 aromatic heterocycles. The Morgan fingerprint density at radius 2 is 2.36 bits per heavy atom. The lowest BCUT2D eigenvalue weighted by molar-refractivity contribution is -0.0261. The fraction of sp³-hybridized carbons (Fsp3) is 0.636. The van der Waals surface area contributed by atoms with Gasteiger partial charge in [-0.2, -0.15) is 0 Å². The quantitative estimate of drug-likeness (QED) is 0.809. The highest BCUT2D eigenvalue weighted by Crippen LogP contribution is 2.29. The molecule has 0 aliphatic heterocycles. The van der Waals surface area contributed by atoms with E-state index in [0.29, 0.717) is 6.10 Å². The monoisotopic (exact) mass is 211 g/mol. The molecule has 1 fully saturated rings. The Bertz CT molecular complexity index is 254. The summed E-state index contributed by atoms with van der Waals surface area (Å²) in [6.07, 6.45) is 3.88. The number of hydrogen-bond donors (Lipinski definition) is 1. The Labute approximate surface area is 89.1 Å². The van der Waals surface area contributed by atoms with Crippen molar-refractivity contribution in [1.82, 2.24) is 0 Å². The summed E-state index contributed by atoms with van der Waals surface area (Å²) in [6, 6.07) is 4.26. The Morgan fingerprint density at radius 1 is 1.50 bits per heavy atom. The summed E-state index contributed by atoms with van der Waals surface area (Å²) in [5.41, 5.74) is 5.55. The van der Waals surface area contributed by atoms with E-state index in [1.165, 1.54) is 17.7 Å². The molecule has 1 aliphatic rings. The number of thiophene rings is 1. The Hall–Kier alpha value is -0.380. The van der Waals surface area contributed by atoms with Crippen molar-refractivity contribution in [2.45, 2.75) is 25.4 Å². The third-order valence-electron chi connectivity index (χ3n) is 2.81. The standard InChI is InChI=1S/C11H17NOS/c12-8-9-6-10(7-9)13-4-3-11-2-1-5-14-11/h1-2,5,9-10H,3-4,6-8,12H2. The van der Waals surface area contributed by atoms with Crippen LogP contribution >= 0.6 is 11.3 Å². The van der Waals surface area contributed by atoms with E-state index in [1.807, 2.05) is 0 Å². The average Bonchev–Trinajstić information content (AvgIpc) is 2.61. The van der Waals surface area contributed by atoms with E-state index < -0.39 is 0 Å². The molecule has 0 atom stereocenters. The summed E-state index contributed by atoms with van der Waals surface area (Å²) in [5, 5.41) is 2.11. The molecule has 1 heterocycles. The molecule has 2 N–H and O–H groups in total.